The highest BCUT2D eigenvalue weighted by Gasteiger charge is 2.34. The standard InChI is InChI=1S/C19H15N3O4S/c1-4-9-20-18(23)17(27-19(20)24)11-14-10-12(2)21(13(14)3)15-5-7-16(8-6-15)22(25)26/h1,5-8,10-11H,9H2,2-3H3/b17-11-. The molecule has 3 rings (SSSR count). The zero-order chi connectivity index (χ0) is 19.7. The average molecular weight is 381 g/mol. The van der Waals surface area contributed by atoms with Gasteiger partial charge < -0.3 is 4.57 Å². The number of amides is 2. The summed E-state index contributed by atoms with van der Waals surface area (Å²) in [4.78, 5) is 36.0. The van der Waals surface area contributed by atoms with E-state index < -0.39 is 10.8 Å². The quantitative estimate of drug-likeness (QED) is 0.349. The number of hydrogen-bond donors (Lipinski definition) is 0. The van der Waals surface area contributed by atoms with Crippen molar-refractivity contribution in [2.75, 3.05) is 6.54 Å². The van der Waals surface area contributed by atoms with Crippen LogP contribution in [0.5, 0.6) is 0 Å². The molecule has 0 radical (unpaired) electrons. The van der Waals surface area contributed by atoms with Gasteiger partial charge in [0.2, 0.25) is 0 Å². The summed E-state index contributed by atoms with van der Waals surface area (Å²) in [5.41, 5.74) is 3.33. The minimum absolute atomic E-state index is 0.0172. The first-order valence-corrected chi connectivity index (χ1v) is 8.77. The molecular formula is C19H15N3O4S. The minimum atomic E-state index is -0.448. The van der Waals surface area contributed by atoms with Crippen molar-refractivity contribution in [1.29, 1.82) is 0 Å². The van der Waals surface area contributed by atoms with Gasteiger partial charge in [0, 0.05) is 29.2 Å². The van der Waals surface area contributed by atoms with Crippen LogP contribution in [0.4, 0.5) is 10.5 Å². The molecule has 1 fully saturated rings. The van der Waals surface area contributed by atoms with Gasteiger partial charge in [0.1, 0.15) is 0 Å². The lowest BCUT2D eigenvalue weighted by atomic mass is 10.2. The van der Waals surface area contributed by atoms with Gasteiger partial charge in [-0.25, -0.2) is 0 Å². The lowest BCUT2D eigenvalue weighted by molar-refractivity contribution is -0.384. The molecule has 1 aliphatic rings. The summed E-state index contributed by atoms with van der Waals surface area (Å²) in [6, 6.07) is 8.12. The number of benzene rings is 1. The van der Waals surface area contributed by atoms with Crippen molar-refractivity contribution in [2.24, 2.45) is 0 Å². The number of thioether (sulfide) groups is 1. The molecule has 2 heterocycles. The van der Waals surface area contributed by atoms with Crippen molar-refractivity contribution in [3.8, 4) is 18.0 Å². The van der Waals surface area contributed by atoms with Crippen LogP contribution in [0.2, 0.25) is 0 Å². The van der Waals surface area contributed by atoms with E-state index in [2.05, 4.69) is 5.92 Å². The van der Waals surface area contributed by atoms with Crippen molar-refractivity contribution in [3.05, 3.63) is 62.3 Å². The summed E-state index contributed by atoms with van der Waals surface area (Å²) < 4.78 is 1.93. The van der Waals surface area contributed by atoms with E-state index in [0.717, 1.165) is 39.3 Å². The van der Waals surface area contributed by atoms with Crippen molar-refractivity contribution in [3.63, 3.8) is 0 Å². The molecule has 7 nitrogen and oxygen atoms in total. The number of aryl methyl sites for hydroxylation is 1. The van der Waals surface area contributed by atoms with Gasteiger partial charge in [0.15, 0.2) is 0 Å². The molecule has 0 saturated carbocycles. The summed E-state index contributed by atoms with van der Waals surface area (Å²) in [6.45, 7) is 3.73. The van der Waals surface area contributed by atoms with E-state index in [1.54, 1.807) is 18.2 Å². The molecule has 2 aromatic rings. The second kappa shape index (κ2) is 7.13. The fraction of sp³-hybridized carbons (Fsp3) is 0.158. The predicted octanol–water partition coefficient (Wildman–Crippen LogP) is 3.67. The smallest absolute Gasteiger partial charge is 0.294 e. The molecule has 8 heteroatoms. The van der Waals surface area contributed by atoms with Crippen LogP contribution in [0.3, 0.4) is 0 Å². The van der Waals surface area contributed by atoms with Gasteiger partial charge >= 0.3 is 0 Å². The first-order chi connectivity index (χ1) is 12.8. The number of carbonyl (C=O) groups is 2. The maximum atomic E-state index is 12.3. The van der Waals surface area contributed by atoms with E-state index in [4.69, 9.17) is 6.42 Å². The Labute approximate surface area is 159 Å². The van der Waals surface area contributed by atoms with Crippen molar-refractivity contribution in [2.45, 2.75) is 13.8 Å². The van der Waals surface area contributed by atoms with Gasteiger partial charge in [-0.2, -0.15) is 0 Å². The average Bonchev–Trinajstić information content (AvgIpc) is 3.05. The number of nitro groups is 1. The van der Waals surface area contributed by atoms with Crippen molar-refractivity contribution < 1.29 is 14.5 Å². The van der Waals surface area contributed by atoms with Crippen molar-refractivity contribution >= 4 is 34.7 Å². The van der Waals surface area contributed by atoms with E-state index in [0.29, 0.717) is 4.91 Å². The first-order valence-electron chi connectivity index (χ1n) is 7.96. The third-order valence-corrected chi connectivity index (χ3v) is 5.11. The van der Waals surface area contributed by atoms with Crippen LogP contribution in [0.1, 0.15) is 17.0 Å². The fourth-order valence-electron chi connectivity index (χ4n) is 2.92. The lowest BCUT2D eigenvalue weighted by Crippen LogP contribution is -2.28. The molecule has 136 valence electrons. The van der Waals surface area contributed by atoms with Crippen LogP contribution < -0.4 is 0 Å². The van der Waals surface area contributed by atoms with Gasteiger partial charge in [-0.3, -0.25) is 24.6 Å². The Kier molecular flexibility index (Phi) is 4.88. The van der Waals surface area contributed by atoms with E-state index in [9.17, 15) is 19.7 Å². The molecule has 0 N–H and O–H groups in total. The number of carbonyl (C=O) groups excluding carboxylic acids is 2. The second-order valence-electron chi connectivity index (χ2n) is 5.91. The van der Waals surface area contributed by atoms with Gasteiger partial charge in [-0.05, 0) is 55.4 Å². The Hall–Kier alpha value is -3.31. The molecule has 2 amide bonds. The number of non-ortho nitro benzene ring substituents is 1. The number of nitro benzene ring substituents is 1. The summed E-state index contributed by atoms with van der Waals surface area (Å²) in [6.07, 6.45) is 6.87. The molecule has 1 aromatic heterocycles. The lowest BCUT2D eigenvalue weighted by Gasteiger charge is -2.09. The van der Waals surface area contributed by atoms with Crippen LogP contribution in [0.15, 0.2) is 35.2 Å². The first kappa shape index (κ1) is 18.5. The third-order valence-electron chi connectivity index (χ3n) is 4.20. The number of aromatic nitrogens is 1. The predicted molar refractivity (Wildman–Crippen MR) is 103 cm³/mol. The van der Waals surface area contributed by atoms with Gasteiger partial charge in [-0.1, -0.05) is 5.92 Å². The molecule has 0 aliphatic carbocycles. The molecule has 0 spiro atoms. The van der Waals surface area contributed by atoms with Gasteiger partial charge in [-0.15, -0.1) is 6.42 Å². The van der Waals surface area contributed by atoms with E-state index in [-0.39, 0.29) is 17.5 Å². The molecule has 0 unspecified atom stereocenters. The zero-order valence-electron chi connectivity index (χ0n) is 14.6. The fourth-order valence-corrected chi connectivity index (χ4v) is 3.75. The second-order valence-corrected chi connectivity index (χ2v) is 6.90. The summed E-state index contributed by atoms with van der Waals surface area (Å²) in [5.74, 6) is 1.91. The molecule has 1 aliphatic heterocycles. The van der Waals surface area contributed by atoms with E-state index in [1.165, 1.54) is 12.1 Å². The number of nitrogens with zero attached hydrogens (tertiary/aromatic N) is 3. The Morgan fingerprint density at radius 1 is 1.26 bits per heavy atom. The molecule has 0 atom stereocenters. The molecule has 1 saturated heterocycles. The van der Waals surface area contributed by atoms with Crippen LogP contribution >= 0.6 is 11.8 Å². The van der Waals surface area contributed by atoms with E-state index >= 15 is 0 Å². The van der Waals surface area contributed by atoms with Crippen molar-refractivity contribution in [1.82, 2.24) is 9.47 Å². The summed E-state index contributed by atoms with van der Waals surface area (Å²) >= 11 is 0.860. The molecule has 0 bridgehead atoms. The number of hydrogen-bond acceptors (Lipinski definition) is 5. The number of terminal acetylenes is 1. The SMILES string of the molecule is C#CCN1C(=O)S/C(=C\c2cc(C)n(-c3ccc([N+](=O)[O-])cc3)c2C)C1=O. The molecular weight excluding hydrogens is 366 g/mol. The van der Waals surface area contributed by atoms with Crippen LogP contribution in [0, 0.1) is 36.3 Å². The highest BCUT2D eigenvalue weighted by Crippen LogP contribution is 2.33. The summed E-state index contributed by atoms with van der Waals surface area (Å²) in [7, 11) is 0. The van der Waals surface area contributed by atoms with Gasteiger partial charge in [0.25, 0.3) is 16.8 Å². The highest BCUT2D eigenvalue weighted by atomic mass is 32.2. The Bertz CT molecular complexity index is 1030. The van der Waals surface area contributed by atoms with E-state index in [1.807, 2.05) is 24.5 Å². The highest BCUT2D eigenvalue weighted by molar-refractivity contribution is 8.18. The van der Waals surface area contributed by atoms with Crippen LogP contribution in [0.25, 0.3) is 11.8 Å². The molecule has 1 aromatic carbocycles. The summed E-state index contributed by atoms with van der Waals surface area (Å²) in [5, 5.41) is 10.4. The Morgan fingerprint density at radius 2 is 1.93 bits per heavy atom. The largest absolute Gasteiger partial charge is 0.318 e. The topological polar surface area (TPSA) is 85.4 Å². The maximum absolute atomic E-state index is 12.3. The van der Waals surface area contributed by atoms with Gasteiger partial charge in [0.05, 0.1) is 16.4 Å². The number of imide groups is 1. The monoisotopic (exact) mass is 381 g/mol. The maximum Gasteiger partial charge on any atom is 0.294 e. The normalized spacial score (nSPS) is 15.4. The Balaban J connectivity index is 1.97. The Morgan fingerprint density at radius 3 is 2.52 bits per heavy atom. The van der Waals surface area contributed by atoms with Crippen LogP contribution in [-0.4, -0.2) is 32.1 Å². The number of rotatable bonds is 4. The van der Waals surface area contributed by atoms with Crippen LogP contribution in [-0.2, 0) is 4.79 Å². The third kappa shape index (κ3) is 3.37. The molecule has 27 heavy (non-hydrogen) atoms. The zero-order valence-corrected chi connectivity index (χ0v) is 15.4. The minimum Gasteiger partial charge on any atom is -0.318 e.